The smallest absolute Gasteiger partial charge is 0.157 e. The van der Waals surface area contributed by atoms with Crippen LogP contribution >= 0.6 is 0 Å². The van der Waals surface area contributed by atoms with E-state index < -0.39 is 0 Å². The van der Waals surface area contributed by atoms with Crippen LogP contribution in [0.25, 0.3) is 16.9 Å². The molecule has 2 heterocycles. The molecule has 0 atom stereocenters. The van der Waals surface area contributed by atoms with Crippen molar-refractivity contribution in [2.45, 2.75) is 19.8 Å². The van der Waals surface area contributed by atoms with E-state index in [9.17, 15) is 0 Å². The third kappa shape index (κ3) is 1.86. The van der Waals surface area contributed by atoms with Crippen LogP contribution in [0.1, 0.15) is 19.2 Å². The molecule has 4 nitrogen and oxygen atoms in total. The van der Waals surface area contributed by atoms with Crippen molar-refractivity contribution in [1.82, 2.24) is 19.5 Å². The van der Waals surface area contributed by atoms with Crippen molar-refractivity contribution < 1.29 is 0 Å². The van der Waals surface area contributed by atoms with E-state index in [4.69, 9.17) is 0 Å². The van der Waals surface area contributed by atoms with Crippen LogP contribution in [0.5, 0.6) is 0 Å². The van der Waals surface area contributed by atoms with E-state index in [0.717, 1.165) is 35.5 Å². The summed E-state index contributed by atoms with van der Waals surface area (Å²) in [6.07, 6.45) is 7.55. The van der Waals surface area contributed by atoms with Gasteiger partial charge in [0.1, 0.15) is 5.82 Å². The van der Waals surface area contributed by atoms with Gasteiger partial charge in [-0.2, -0.15) is 0 Å². The molecule has 90 valence electrons. The van der Waals surface area contributed by atoms with Crippen molar-refractivity contribution in [3.8, 4) is 5.82 Å². The molecule has 4 heteroatoms. The predicted octanol–water partition coefficient (Wildman–Crippen LogP) is 2.77. The summed E-state index contributed by atoms with van der Waals surface area (Å²) in [6.45, 7) is 2.14. The average molecular weight is 238 g/mol. The summed E-state index contributed by atoms with van der Waals surface area (Å²) in [5.41, 5.74) is 1.82. The molecule has 0 bridgehead atoms. The summed E-state index contributed by atoms with van der Waals surface area (Å²) < 4.78 is 2.00. The Hall–Kier alpha value is -2.23. The molecular weight excluding hydrogens is 224 g/mol. The molecule has 0 N–H and O–H groups in total. The molecule has 0 unspecified atom stereocenters. The van der Waals surface area contributed by atoms with E-state index in [1.807, 2.05) is 41.2 Å². The van der Waals surface area contributed by atoms with Crippen LogP contribution in [0.15, 0.2) is 42.9 Å². The standard InChI is InChI=1S/C14H14N4/c1-2-5-13-15-8-9-18(13)14-10-16-11-6-3-4-7-12(11)17-14/h3-4,6-10H,2,5H2,1H3. The number of aryl methyl sites for hydroxylation is 1. The third-order valence-corrected chi connectivity index (χ3v) is 2.87. The van der Waals surface area contributed by atoms with Gasteiger partial charge in [0.2, 0.25) is 0 Å². The van der Waals surface area contributed by atoms with Gasteiger partial charge in [0, 0.05) is 18.8 Å². The van der Waals surface area contributed by atoms with Gasteiger partial charge >= 0.3 is 0 Å². The second-order valence-electron chi connectivity index (χ2n) is 4.18. The first kappa shape index (κ1) is 10.9. The number of benzene rings is 1. The van der Waals surface area contributed by atoms with E-state index in [0.29, 0.717) is 0 Å². The highest BCUT2D eigenvalue weighted by Crippen LogP contribution is 2.13. The molecule has 0 saturated carbocycles. The van der Waals surface area contributed by atoms with E-state index in [1.165, 1.54) is 0 Å². The predicted molar refractivity (Wildman–Crippen MR) is 70.7 cm³/mol. The summed E-state index contributed by atoms with van der Waals surface area (Å²) in [4.78, 5) is 13.4. The minimum atomic E-state index is 0.828. The van der Waals surface area contributed by atoms with Crippen LogP contribution < -0.4 is 0 Å². The lowest BCUT2D eigenvalue weighted by Gasteiger charge is -2.06. The Kier molecular flexibility index (Phi) is 2.76. The summed E-state index contributed by atoms with van der Waals surface area (Å²) in [5.74, 6) is 1.86. The fourth-order valence-corrected chi connectivity index (χ4v) is 2.01. The van der Waals surface area contributed by atoms with Crippen molar-refractivity contribution in [1.29, 1.82) is 0 Å². The van der Waals surface area contributed by atoms with Gasteiger partial charge in [0.25, 0.3) is 0 Å². The van der Waals surface area contributed by atoms with Crippen LogP contribution in [-0.4, -0.2) is 19.5 Å². The highest BCUT2D eigenvalue weighted by molar-refractivity contribution is 5.74. The lowest BCUT2D eigenvalue weighted by atomic mass is 10.3. The van der Waals surface area contributed by atoms with Crippen molar-refractivity contribution >= 4 is 11.0 Å². The molecule has 3 aromatic rings. The fraction of sp³-hybridized carbons (Fsp3) is 0.214. The zero-order valence-electron chi connectivity index (χ0n) is 10.2. The molecule has 1 aromatic carbocycles. The summed E-state index contributed by atoms with van der Waals surface area (Å²) >= 11 is 0. The van der Waals surface area contributed by atoms with Gasteiger partial charge in [-0.05, 0) is 18.6 Å². The quantitative estimate of drug-likeness (QED) is 0.704. The van der Waals surface area contributed by atoms with E-state index >= 15 is 0 Å². The molecule has 0 radical (unpaired) electrons. The first-order valence-electron chi connectivity index (χ1n) is 6.13. The van der Waals surface area contributed by atoms with Gasteiger partial charge in [-0.15, -0.1) is 0 Å². The maximum atomic E-state index is 4.62. The highest BCUT2D eigenvalue weighted by Gasteiger charge is 2.06. The number of hydrogen-bond acceptors (Lipinski definition) is 3. The van der Waals surface area contributed by atoms with Crippen LogP contribution in [-0.2, 0) is 6.42 Å². The van der Waals surface area contributed by atoms with Crippen molar-refractivity contribution in [3.63, 3.8) is 0 Å². The number of para-hydroxylation sites is 2. The van der Waals surface area contributed by atoms with Crippen molar-refractivity contribution in [2.75, 3.05) is 0 Å². The Bertz CT molecular complexity index is 672. The molecule has 0 aliphatic heterocycles. The first-order chi connectivity index (χ1) is 8.88. The van der Waals surface area contributed by atoms with Crippen molar-refractivity contribution in [3.05, 3.63) is 48.7 Å². The maximum Gasteiger partial charge on any atom is 0.157 e. The molecular formula is C14H14N4. The molecule has 0 fully saturated rings. The van der Waals surface area contributed by atoms with Gasteiger partial charge in [-0.25, -0.2) is 9.97 Å². The van der Waals surface area contributed by atoms with Gasteiger partial charge in [-0.1, -0.05) is 19.1 Å². The maximum absolute atomic E-state index is 4.62. The van der Waals surface area contributed by atoms with Gasteiger partial charge in [-0.3, -0.25) is 9.55 Å². The molecule has 3 rings (SSSR count). The lowest BCUT2D eigenvalue weighted by Crippen LogP contribution is -2.03. The average Bonchev–Trinajstić information content (AvgIpc) is 2.87. The van der Waals surface area contributed by atoms with Crippen LogP contribution in [0, 0.1) is 0 Å². The van der Waals surface area contributed by atoms with Crippen LogP contribution in [0.4, 0.5) is 0 Å². The number of imidazole rings is 1. The zero-order chi connectivity index (χ0) is 12.4. The minimum Gasteiger partial charge on any atom is -0.287 e. The monoisotopic (exact) mass is 238 g/mol. The lowest BCUT2D eigenvalue weighted by molar-refractivity contribution is 0.798. The SMILES string of the molecule is CCCc1nccn1-c1cnc2ccccc2n1. The third-order valence-electron chi connectivity index (χ3n) is 2.87. The van der Waals surface area contributed by atoms with Gasteiger partial charge < -0.3 is 0 Å². The first-order valence-corrected chi connectivity index (χ1v) is 6.13. The summed E-state index contributed by atoms with van der Waals surface area (Å²) in [7, 11) is 0. The van der Waals surface area contributed by atoms with Crippen LogP contribution in [0.2, 0.25) is 0 Å². The van der Waals surface area contributed by atoms with E-state index in [-0.39, 0.29) is 0 Å². The van der Waals surface area contributed by atoms with Gasteiger partial charge in [0.15, 0.2) is 5.82 Å². The van der Waals surface area contributed by atoms with Gasteiger partial charge in [0.05, 0.1) is 17.2 Å². The minimum absolute atomic E-state index is 0.828. The molecule has 18 heavy (non-hydrogen) atoms. The zero-order valence-corrected chi connectivity index (χ0v) is 10.2. The second kappa shape index (κ2) is 4.56. The number of nitrogens with zero attached hydrogens (tertiary/aromatic N) is 4. The largest absolute Gasteiger partial charge is 0.287 e. The second-order valence-corrected chi connectivity index (χ2v) is 4.18. The molecule has 0 amide bonds. The summed E-state index contributed by atoms with van der Waals surface area (Å²) in [5, 5.41) is 0. The van der Waals surface area contributed by atoms with E-state index in [2.05, 4.69) is 21.9 Å². The molecule has 0 aliphatic rings. The Morgan fingerprint density at radius 3 is 2.78 bits per heavy atom. The Balaban J connectivity index is 2.10. The van der Waals surface area contributed by atoms with Crippen LogP contribution in [0.3, 0.4) is 0 Å². The Morgan fingerprint density at radius 2 is 1.94 bits per heavy atom. The molecule has 0 aliphatic carbocycles. The summed E-state index contributed by atoms with van der Waals surface area (Å²) in [6, 6.07) is 7.88. The molecule has 0 saturated heterocycles. The van der Waals surface area contributed by atoms with E-state index in [1.54, 1.807) is 6.20 Å². The normalized spacial score (nSPS) is 10.9. The number of fused-ring (bicyclic) bond motifs is 1. The number of aromatic nitrogens is 4. The van der Waals surface area contributed by atoms with Crippen molar-refractivity contribution in [2.24, 2.45) is 0 Å². The topological polar surface area (TPSA) is 43.6 Å². The Labute approximate surface area is 105 Å². The highest BCUT2D eigenvalue weighted by atomic mass is 15.1. The fourth-order valence-electron chi connectivity index (χ4n) is 2.01. The molecule has 2 aromatic heterocycles. The molecule has 0 spiro atoms. The Morgan fingerprint density at radius 1 is 1.11 bits per heavy atom. The number of rotatable bonds is 3. The number of hydrogen-bond donors (Lipinski definition) is 0.